The predicted molar refractivity (Wildman–Crippen MR) is 154 cm³/mol. The molecule has 4 aromatic carbocycles. The van der Waals surface area contributed by atoms with E-state index in [2.05, 4.69) is 12.1 Å². The molecule has 0 fully saturated rings. The highest BCUT2D eigenvalue weighted by Crippen LogP contribution is 2.43. The molecule has 1 aliphatic heterocycles. The summed E-state index contributed by atoms with van der Waals surface area (Å²) in [4.78, 5) is 18.1. The first kappa shape index (κ1) is 28.2. The van der Waals surface area contributed by atoms with Gasteiger partial charge in [-0.05, 0) is 66.1 Å². The second-order valence-electron chi connectivity index (χ2n) is 11.2. The SMILES string of the molecule is CC(C(=O)N(Cc1ccccc1F)C1Cc2ccccc2C1)N1CCc2ccccc2C1c1ccccc1C(F)(F)F. The first-order valence-corrected chi connectivity index (χ1v) is 14.3. The Bertz CT molecular complexity index is 1570. The Morgan fingerprint density at radius 2 is 1.40 bits per heavy atom. The van der Waals surface area contributed by atoms with Crippen molar-refractivity contribution in [2.75, 3.05) is 6.54 Å². The molecule has 0 N–H and O–H groups in total. The van der Waals surface area contributed by atoms with E-state index < -0.39 is 23.8 Å². The van der Waals surface area contributed by atoms with Crippen molar-refractivity contribution in [2.24, 2.45) is 0 Å². The normalized spacial score (nSPS) is 17.9. The van der Waals surface area contributed by atoms with Crippen LogP contribution < -0.4 is 0 Å². The number of amides is 1. The van der Waals surface area contributed by atoms with E-state index in [0.717, 1.165) is 28.3 Å². The van der Waals surface area contributed by atoms with Crippen molar-refractivity contribution in [2.45, 2.75) is 57.0 Å². The molecular weight excluding hydrogens is 540 g/mol. The van der Waals surface area contributed by atoms with Crippen molar-refractivity contribution in [1.82, 2.24) is 9.80 Å². The van der Waals surface area contributed by atoms with Gasteiger partial charge in [-0.2, -0.15) is 13.2 Å². The zero-order valence-corrected chi connectivity index (χ0v) is 23.3. The van der Waals surface area contributed by atoms with Crippen LogP contribution >= 0.6 is 0 Å². The number of hydrogen-bond acceptors (Lipinski definition) is 2. The molecule has 0 saturated heterocycles. The molecular formula is C35H32F4N2O. The molecule has 216 valence electrons. The second-order valence-corrected chi connectivity index (χ2v) is 11.2. The molecule has 1 aliphatic carbocycles. The van der Waals surface area contributed by atoms with Gasteiger partial charge < -0.3 is 4.90 Å². The topological polar surface area (TPSA) is 23.6 Å². The average molecular weight is 573 g/mol. The monoisotopic (exact) mass is 572 g/mol. The van der Waals surface area contributed by atoms with Crippen LogP contribution in [0, 0.1) is 5.82 Å². The van der Waals surface area contributed by atoms with Crippen LogP contribution in [0.25, 0.3) is 0 Å². The predicted octanol–water partition coefficient (Wildman–Crippen LogP) is 7.38. The van der Waals surface area contributed by atoms with Crippen LogP contribution in [-0.2, 0) is 36.8 Å². The molecule has 7 heteroatoms. The number of benzene rings is 4. The molecule has 42 heavy (non-hydrogen) atoms. The van der Waals surface area contributed by atoms with Crippen LogP contribution in [0.4, 0.5) is 17.6 Å². The van der Waals surface area contributed by atoms with Crippen molar-refractivity contribution in [3.8, 4) is 0 Å². The summed E-state index contributed by atoms with van der Waals surface area (Å²) in [6, 6.07) is 26.0. The van der Waals surface area contributed by atoms with E-state index in [4.69, 9.17) is 0 Å². The molecule has 2 aliphatic rings. The van der Waals surface area contributed by atoms with Crippen molar-refractivity contribution in [1.29, 1.82) is 0 Å². The molecule has 1 amide bonds. The Balaban J connectivity index is 1.39. The van der Waals surface area contributed by atoms with E-state index in [-0.39, 0.29) is 29.9 Å². The Labute approximate surface area is 243 Å². The van der Waals surface area contributed by atoms with Gasteiger partial charge >= 0.3 is 6.18 Å². The third-order valence-electron chi connectivity index (χ3n) is 8.79. The number of nitrogens with zero attached hydrogens (tertiary/aromatic N) is 2. The number of alkyl halides is 3. The summed E-state index contributed by atoms with van der Waals surface area (Å²) in [5.41, 5.74) is 3.91. The maximum absolute atomic E-state index is 14.9. The number of halogens is 4. The van der Waals surface area contributed by atoms with Crippen molar-refractivity contribution in [3.05, 3.63) is 142 Å². The largest absolute Gasteiger partial charge is 0.416 e. The van der Waals surface area contributed by atoms with Crippen LogP contribution in [-0.4, -0.2) is 34.3 Å². The minimum Gasteiger partial charge on any atom is -0.333 e. The molecule has 0 spiro atoms. The summed E-state index contributed by atoms with van der Waals surface area (Å²) in [5, 5.41) is 0. The molecule has 2 unspecified atom stereocenters. The lowest BCUT2D eigenvalue weighted by molar-refractivity contribution is -0.141. The fourth-order valence-corrected chi connectivity index (χ4v) is 6.68. The second kappa shape index (κ2) is 11.4. The van der Waals surface area contributed by atoms with Crippen molar-refractivity contribution in [3.63, 3.8) is 0 Å². The smallest absolute Gasteiger partial charge is 0.333 e. The van der Waals surface area contributed by atoms with Crippen LogP contribution in [0.3, 0.4) is 0 Å². The van der Waals surface area contributed by atoms with E-state index in [1.807, 2.05) is 41.3 Å². The first-order chi connectivity index (χ1) is 20.2. The molecule has 0 radical (unpaired) electrons. The van der Waals surface area contributed by atoms with E-state index in [1.165, 1.54) is 18.2 Å². The first-order valence-electron chi connectivity index (χ1n) is 14.3. The zero-order chi connectivity index (χ0) is 29.4. The summed E-state index contributed by atoms with van der Waals surface area (Å²) < 4.78 is 57.7. The van der Waals surface area contributed by atoms with E-state index in [0.29, 0.717) is 31.4 Å². The highest BCUT2D eigenvalue weighted by atomic mass is 19.4. The van der Waals surface area contributed by atoms with Gasteiger partial charge in [0.05, 0.1) is 17.6 Å². The molecule has 0 saturated carbocycles. The van der Waals surface area contributed by atoms with E-state index in [9.17, 15) is 22.4 Å². The molecule has 1 heterocycles. The highest BCUT2D eigenvalue weighted by Gasteiger charge is 2.42. The van der Waals surface area contributed by atoms with Crippen LogP contribution in [0.2, 0.25) is 0 Å². The van der Waals surface area contributed by atoms with Gasteiger partial charge in [-0.25, -0.2) is 4.39 Å². The summed E-state index contributed by atoms with van der Waals surface area (Å²) in [5.74, 6) is -0.604. The molecule has 4 aromatic rings. The van der Waals surface area contributed by atoms with Gasteiger partial charge in [0.25, 0.3) is 0 Å². The number of carbonyl (C=O) groups is 1. The van der Waals surface area contributed by atoms with Crippen LogP contribution in [0.1, 0.15) is 51.9 Å². The summed E-state index contributed by atoms with van der Waals surface area (Å²) in [6.45, 7) is 2.28. The molecule has 6 rings (SSSR count). The summed E-state index contributed by atoms with van der Waals surface area (Å²) in [6.07, 6.45) is -2.65. The third kappa shape index (κ3) is 5.34. The van der Waals surface area contributed by atoms with Crippen LogP contribution in [0.15, 0.2) is 97.1 Å². The Morgan fingerprint density at radius 3 is 2.07 bits per heavy atom. The molecule has 0 bridgehead atoms. The number of fused-ring (bicyclic) bond motifs is 2. The summed E-state index contributed by atoms with van der Waals surface area (Å²) >= 11 is 0. The van der Waals surface area contributed by atoms with Crippen molar-refractivity contribution < 1.29 is 22.4 Å². The third-order valence-corrected chi connectivity index (χ3v) is 8.79. The van der Waals surface area contributed by atoms with Gasteiger partial charge in [0.1, 0.15) is 5.82 Å². The van der Waals surface area contributed by atoms with Gasteiger partial charge in [0.2, 0.25) is 5.91 Å². The molecule has 2 atom stereocenters. The van der Waals surface area contributed by atoms with Crippen molar-refractivity contribution >= 4 is 5.91 Å². The Hall–Kier alpha value is -3.97. The average Bonchev–Trinajstić information content (AvgIpc) is 3.43. The highest BCUT2D eigenvalue weighted by molar-refractivity contribution is 5.82. The van der Waals surface area contributed by atoms with Gasteiger partial charge in [-0.3, -0.25) is 9.69 Å². The maximum Gasteiger partial charge on any atom is 0.416 e. The lowest BCUT2D eigenvalue weighted by atomic mass is 9.85. The fourth-order valence-electron chi connectivity index (χ4n) is 6.68. The van der Waals surface area contributed by atoms with Gasteiger partial charge in [-0.1, -0.05) is 84.9 Å². The lowest BCUT2D eigenvalue weighted by Gasteiger charge is -2.43. The Kier molecular flexibility index (Phi) is 7.62. The van der Waals surface area contributed by atoms with Gasteiger partial charge in [-0.15, -0.1) is 0 Å². The van der Waals surface area contributed by atoms with E-state index >= 15 is 0 Å². The van der Waals surface area contributed by atoms with Crippen LogP contribution in [0.5, 0.6) is 0 Å². The van der Waals surface area contributed by atoms with E-state index in [1.54, 1.807) is 36.1 Å². The number of carbonyl (C=O) groups excluding carboxylic acids is 1. The quantitative estimate of drug-likeness (QED) is 0.225. The van der Waals surface area contributed by atoms with Gasteiger partial charge in [0, 0.05) is 24.7 Å². The number of hydrogen-bond donors (Lipinski definition) is 0. The zero-order valence-electron chi connectivity index (χ0n) is 23.3. The summed E-state index contributed by atoms with van der Waals surface area (Å²) in [7, 11) is 0. The minimum atomic E-state index is -4.55. The fraction of sp³-hybridized carbons (Fsp3) is 0.286. The minimum absolute atomic E-state index is 0.0860. The molecule has 3 nitrogen and oxygen atoms in total. The lowest BCUT2D eigenvalue weighted by Crippen LogP contribution is -2.53. The Morgan fingerprint density at radius 1 is 0.833 bits per heavy atom. The molecule has 0 aromatic heterocycles. The standard InChI is InChI=1S/C35H32F4N2O/c1-23(34(42)41(22-27-13-5-9-17-32(27)36)28-20-25-11-2-3-12-26(25)21-28)40-19-18-24-10-4-6-14-29(24)33(40)30-15-7-8-16-31(30)35(37,38)39/h2-17,23,28,33H,18-22H2,1H3. The number of rotatable bonds is 6. The van der Waals surface area contributed by atoms with Gasteiger partial charge in [0.15, 0.2) is 0 Å². The maximum atomic E-state index is 14.9.